The van der Waals surface area contributed by atoms with Gasteiger partial charge in [-0.1, -0.05) is 12.5 Å². The Bertz CT molecular complexity index is 895. The predicted molar refractivity (Wildman–Crippen MR) is 108 cm³/mol. The van der Waals surface area contributed by atoms with Gasteiger partial charge in [0.1, 0.15) is 11.5 Å². The Balaban J connectivity index is 1.67. The Labute approximate surface area is 171 Å². The van der Waals surface area contributed by atoms with Crippen molar-refractivity contribution in [3.8, 4) is 5.75 Å². The summed E-state index contributed by atoms with van der Waals surface area (Å²) in [5.74, 6) is -0.0402. The number of carbonyl (C=O) groups is 2. The molecule has 1 saturated heterocycles. The maximum absolute atomic E-state index is 12.6. The molecule has 3 fully saturated rings. The van der Waals surface area contributed by atoms with Gasteiger partial charge in [0.25, 0.3) is 5.91 Å². The molecule has 0 spiro atoms. The van der Waals surface area contributed by atoms with Gasteiger partial charge < -0.3 is 15.9 Å². The van der Waals surface area contributed by atoms with Crippen LogP contribution in [0.3, 0.4) is 0 Å². The van der Waals surface area contributed by atoms with E-state index in [4.69, 9.17) is 5.73 Å². The summed E-state index contributed by atoms with van der Waals surface area (Å²) in [7, 11) is 0. The average molecular weight is 399 g/mol. The number of Topliss-reactive ketones (excluding diaryl/α,β-unsaturated/α-hetero) is 1. The van der Waals surface area contributed by atoms with E-state index < -0.39 is 16.9 Å². The number of nitrogens with zero attached hydrogens (tertiary/aromatic N) is 1. The molecular formula is C23H30N2O4. The van der Waals surface area contributed by atoms with E-state index in [2.05, 4.69) is 11.8 Å². The van der Waals surface area contributed by atoms with Crippen molar-refractivity contribution in [2.24, 2.45) is 11.7 Å². The molecule has 29 heavy (non-hydrogen) atoms. The van der Waals surface area contributed by atoms with E-state index in [0.29, 0.717) is 43.2 Å². The molecule has 3 aliphatic carbocycles. The normalized spacial score (nSPS) is 35.4. The molecule has 2 bridgehead atoms. The third-order valence-corrected chi connectivity index (χ3v) is 8.64. The van der Waals surface area contributed by atoms with E-state index >= 15 is 0 Å². The van der Waals surface area contributed by atoms with Crippen molar-refractivity contribution in [2.45, 2.75) is 81.4 Å². The van der Waals surface area contributed by atoms with Crippen molar-refractivity contribution in [3.63, 3.8) is 0 Å². The van der Waals surface area contributed by atoms with E-state index in [1.807, 2.05) is 6.07 Å². The SMILES string of the molecule is C[C@@H](C1CCC1)N1CCC23CC(=O)CCC2(O)C1Cc1ccc(C(N)=O)c(O)c13. The summed E-state index contributed by atoms with van der Waals surface area (Å²) in [5, 5.41) is 23.2. The van der Waals surface area contributed by atoms with Gasteiger partial charge in [-0.2, -0.15) is 0 Å². The zero-order valence-corrected chi connectivity index (χ0v) is 17.0. The third-order valence-electron chi connectivity index (χ3n) is 8.64. The molecule has 4 N–H and O–H groups in total. The lowest BCUT2D eigenvalue weighted by atomic mass is 9.49. The summed E-state index contributed by atoms with van der Waals surface area (Å²) in [6, 6.07) is 3.76. The third kappa shape index (κ3) is 2.42. The molecule has 1 heterocycles. The number of benzene rings is 1. The zero-order valence-electron chi connectivity index (χ0n) is 17.0. The highest BCUT2D eigenvalue weighted by Crippen LogP contribution is 2.60. The van der Waals surface area contributed by atoms with Gasteiger partial charge in [-0.3, -0.25) is 14.5 Å². The van der Waals surface area contributed by atoms with Crippen LogP contribution in [0.2, 0.25) is 0 Å². The molecular weight excluding hydrogens is 368 g/mol. The Morgan fingerprint density at radius 2 is 2.07 bits per heavy atom. The average Bonchev–Trinajstić information content (AvgIpc) is 2.60. The fourth-order valence-electron chi connectivity index (χ4n) is 6.83. The summed E-state index contributed by atoms with van der Waals surface area (Å²) >= 11 is 0. The number of rotatable bonds is 3. The van der Waals surface area contributed by atoms with Gasteiger partial charge in [0.05, 0.1) is 11.2 Å². The topological polar surface area (TPSA) is 104 Å². The maximum Gasteiger partial charge on any atom is 0.252 e. The summed E-state index contributed by atoms with van der Waals surface area (Å²) in [6.07, 6.45) is 5.97. The maximum atomic E-state index is 12.6. The van der Waals surface area contributed by atoms with Crippen molar-refractivity contribution in [1.82, 2.24) is 4.90 Å². The van der Waals surface area contributed by atoms with E-state index in [0.717, 1.165) is 12.1 Å². The van der Waals surface area contributed by atoms with E-state index in [1.54, 1.807) is 6.07 Å². The Kier molecular flexibility index (Phi) is 4.13. The van der Waals surface area contributed by atoms with E-state index in [9.17, 15) is 19.8 Å². The van der Waals surface area contributed by atoms with E-state index in [1.165, 1.54) is 19.3 Å². The number of aliphatic hydroxyl groups is 1. The molecule has 1 amide bonds. The summed E-state index contributed by atoms with van der Waals surface area (Å²) in [5.41, 5.74) is 5.15. The Morgan fingerprint density at radius 3 is 2.72 bits per heavy atom. The number of hydrogen-bond acceptors (Lipinski definition) is 5. The minimum atomic E-state index is -1.09. The fourth-order valence-corrected chi connectivity index (χ4v) is 6.83. The molecule has 2 saturated carbocycles. The quantitative estimate of drug-likeness (QED) is 0.723. The standard InChI is InChI=1S/C23H30N2O4/c1-13(14-3-2-4-14)25-10-9-22-12-16(26)7-8-23(22,29)18(25)11-15-5-6-17(21(24)28)20(27)19(15)22/h5-6,13-14,18,27,29H,2-4,7-12H2,1H3,(H2,24,28)/t13-,18?,22?,23?/m0/s1. The van der Waals surface area contributed by atoms with Crippen LogP contribution in [0, 0.1) is 5.92 Å². The number of ketones is 1. The number of amides is 1. The number of nitrogens with two attached hydrogens (primary N) is 1. The second-order valence-corrected chi connectivity index (χ2v) is 9.72. The van der Waals surface area contributed by atoms with Crippen LogP contribution in [0.1, 0.15) is 73.4 Å². The molecule has 6 nitrogen and oxygen atoms in total. The van der Waals surface area contributed by atoms with Crippen LogP contribution in [0.25, 0.3) is 0 Å². The number of carbonyl (C=O) groups excluding carboxylic acids is 2. The minimum Gasteiger partial charge on any atom is -0.507 e. The van der Waals surface area contributed by atoms with Crippen molar-refractivity contribution in [1.29, 1.82) is 0 Å². The highest BCUT2D eigenvalue weighted by molar-refractivity contribution is 5.96. The summed E-state index contributed by atoms with van der Waals surface area (Å²) in [4.78, 5) is 26.9. The lowest BCUT2D eigenvalue weighted by Gasteiger charge is -2.65. The van der Waals surface area contributed by atoms with E-state index in [-0.39, 0.29) is 29.6 Å². The smallest absolute Gasteiger partial charge is 0.252 e. The van der Waals surface area contributed by atoms with Gasteiger partial charge in [-0.05, 0) is 63.1 Å². The largest absolute Gasteiger partial charge is 0.507 e. The van der Waals surface area contributed by atoms with Crippen LogP contribution in [-0.4, -0.2) is 51.0 Å². The second-order valence-electron chi connectivity index (χ2n) is 9.72. The number of fused-ring (bicyclic) bond motifs is 1. The lowest BCUT2D eigenvalue weighted by Crippen LogP contribution is -2.74. The highest BCUT2D eigenvalue weighted by Gasteiger charge is 2.66. The second kappa shape index (κ2) is 6.29. The number of piperidine rings is 1. The van der Waals surface area contributed by atoms with Gasteiger partial charge in [-0.25, -0.2) is 0 Å². The van der Waals surface area contributed by atoms with Gasteiger partial charge in [-0.15, -0.1) is 0 Å². The molecule has 3 unspecified atom stereocenters. The molecule has 0 aromatic heterocycles. The van der Waals surface area contributed by atoms with Crippen LogP contribution in [0.4, 0.5) is 0 Å². The van der Waals surface area contributed by atoms with Crippen molar-refractivity contribution >= 4 is 11.7 Å². The Morgan fingerprint density at radius 1 is 1.31 bits per heavy atom. The first-order chi connectivity index (χ1) is 13.8. The number of likely N-dealkylation sites (tertiary alicyclic amines) is 1. The van der Waals surface area contributed by atoms with Gasteiger partial charge in [0.2, 0.25) is 0 Å². The molecule has 1 aromatic carbocycles. The van der Waals surface area contributed by atoms with Gasteiger partial charge in [0.15, 0.2) is 0 Å². The van der Waals surface area contributed by atoms with Gasteiger partial charge >= 0.3 is 0 Å². The molecule has 6 heteroatoms. The summed E-state index contributed by atoms with van der Waals surface area (Å²) < 4.78 is 0. The predicted octanol–water partition coefficient (Wildman–Crippen LogP) is 2.03. The highest BCUT2D eigenvalue weighted by atomic mass is 16.3. The molecule has 0 radical (unpaired) electrons. The van der Waals surface area contributed by atoms with Crippen LogP contribution in [0.5, 0.6) is 5.75 Å². The molecule has 5 rings (SSSR count). The van der Waals surface area contributed by atoms with Crippen molar-refractivity contribution in [2.75, 3.05) is 6.54 Å². The number of hydrogen-bond donors (Lipinski definition) is 3. The first kappa shape index (κ1) is 19.1. The van der Waals surface area contributed by atoms with Crippen LogP contribution in [0.15, 0.2) is 12.1 Å². The fraction of sp³-hybridized carbons (Fsp3) is 0.652. The molecule has 4 aliphatic rings. The molecule has 1 aromatic rings. The lowest BCUT2D eigenvalue weighted by molar-refractivity contribution is -0.182. The van der Waals surface area contributed by atoms with Crippen LogP contribution < -0.4 is 5.73 Å². The first-order valence-electron chi connectivity index (χ1n) is 10.9. The monoisotopic (exact) mass is 398 g/mol. The summed E-state index contributed by atoms with van der Waals surface area (Å²) in [6.45, 7) is 3.06. The molecule has 4 atom stereocenters. The molecule has 1 aliphatic heterocycles. The number of phenols is 1. The van der Waals surface area contributed by atoms with Crippen molar-refractivity contribution < 1.29 is 19.8 Å². The van der Waals surface area contributed by atoms with Crippen LogP contribution >= 0.6 is 0 Å². The Hall–Kier alpha value is -1.92. The first-order valence-corrected chi connectivity index (χ1v) is 10.9. The number of primary amides is 1. The zero-order chi connectivity index (χ0) is 20.6. The number of aromatic hydroxyl groups is 1. The minimum absolute atomic E-state index is 0.0715. The van der Waals surface area contributed by atoms with Gasteiger partial charge in [0, 0.05) is 35.9 Å². The van der Waals surface area contributed by atoms with Crippen LogP contribution in [-0.2, 0) is 16.6 Å². The van der Waals surface area contributed by atoms with Crippen molar-refractivity contribution in [3.05, 3.63) is 28.8 Å². The molecule has 156 valence electrons.